The molecular formula is C27H24ClF4N5O4. The molecule has 0 aliphatic carbocycles. The number of imidazole rings is 1. The van der Waals surface area contributed by atoms with Crippen molar-refractivity contribution in [2.24, 2.45) is 7.05 Å². The van der Waals surface area contributed by atoms with Crippen LogP contribution in [-0.4, -0.2) is 55.2 Å². The van der Waals surface area contributed by atoms with Crippen molar-refractivity contribution in [2.45, 2.75) is 38.5 Å². The molecule has 14 heteroatoms. The van der Waals surface area contributed by atoms with E-state index < -0.39 is 24.2 Å². The molecule has 1 saturated heterocycles. The highest BCUT2D eigenvalue weighted by molar-refractivity contribution is 6.30. The molecule has 4 aromatic rings. The largest absolute Gasteiger partial charge is 0.478 e. The maximum atomic E-state index is 14.7. The van der Waals surface area contributed by atoms with Gasteiger partial charge in [-0.3, -0.25) is 4.90 Å². The fourth-order valence-electron chi connectivity index (χ4n) is 4.82. The lowest BCUT2D eigenvalue weighted by molar-refractivity contribution is -0.0489. The average Bonchev–Trinajstić information content (AvgIpc) is 3.24. The van der Waals surface area contributed by atoms with Crippen molar-refractivity contribution >= 4 is 28.6 Å². The van der Waals surface area contributed by atoms with Crippen LogP contribution in [0.5, 0.6) is 11.8 Å². The molecule has 1 aliphatic rings. The Morgan fingerprint density at radius 2 is 1.90 bits per heavy atom. The van der Waals surface area contributed by atoms with Crippen molar-refractivity contribution in [1.29, 1.82) is 0 Å². The number of piperidine rings is 1. The Balaban J connectivity index is 1.26. The quantitative estimate of drug-likeness (QED) is 0.252. The Morgan fingerprint density at radius 3 is 2.59 bits per heavy atom. The number of fused-ring (bicyclic) bond motifs is 1. The number of aromatic nitrogens is 4. The van der Waals surface area contributed by atoms with Crippen molar-refractivity contribution in [3.8, 4) is 11.8 Å². The molecule has 2 aromatic heterocycles. The number of hydrogen-bond donors (Lipinski definition) is 1. The third-order valence-electron chi connectivity index (χ3n) is 6.97. The second-order valence-electron chi connectivity index (χ2n) is 9.57. The molecule has 41 heavy (non-hydrogen) atoms. The van der Waals surface area contributed by atoms with Gasteiger partial charge < -0.3 is 19.1 Å². The third kappa shape index (κ3) is 6.35. The van der Waals surface area contributed by atoms with Gasteiger partial charge in [-0.15, -0.1) is 0 Å². The van der Waals surface area contributed by atoms with E-state index in [1.807, 2.05) is 0 Å². The first-order chi connectivity index (χ1) is 19.6. The lowest BCUT2D eigenvalue weighted by atomic mass is 9.93. The Kier molecular flexibility index (Phi) is 8.27. The van der Waals surface area contributed by atoms with Gasteiger partial charge in [-0.1, -0.05) is 17.7 Å². The lowest BCUT2D eigenvalue weighted by Crippen LogP contribution is -2.33. The van der Waals surface area contributed by atoms with Gasteiger partial charge >= 0.3 is 18.6 Å². The second-order valence-corrected chi connectivity index (χ2v) is 10.0. The highest BCUT2D eigenvalue weighted by Crippen LogP contribution is 2.32. The maximum absolute atomic E-state index is 14.7. The van der Waals surface area contributed by atoms with Gasteiger partial charge in [-0.2, -0.15) is 13.8 Å². The van der Waals surface area contributed by atoms with E-state index in [-0.39, 0.29) is 51.6 Å². The molecule has 216 valence electrons. The van der Waals surface area contributed by atoms with Crippen LogP contribution in [0.1, 0.15) is 46.2 Å². The molecule has 0 spiro atoms. The summed E-state index contributed by atoms with van der Waals surface area (Å²) in [6.07, 6.45) is 2.16. The number of hydrogen-bond acceptors (Lipinski definition) is 7. The van der Waals surface area contributed by atoms with E-state index in [1.165, 1.54) is 24.3 Å². The molecule has 0 atom stereocenters. The molecular weight excluding hydrogens is 570 g/mol. The van der Waals surface area contributed by atoms with E-state index in [9.17, 15) is 27.5 Å². The van der Waals surface area contributed by atoms with Gasteiger partial charge in [-0.05, 0) is 50.2 Å². The minimum absolute atomic E-state index is 0.0690. The summed E-state index contributed by atoms with van der Waals surface area (Å²) in [7, 11) is 1.67. The smallest absolute Gasteiger partial charge is 0.387 e. The van der Waals surface area contributed by atoms with Gasteiger partial charge in [0.1, 0.15) is 23.8 Å². The minimum atomic E-state index is -3.14. The number of halogens is 5. The second kappa shape index (κ2) is 11.9. The zero-order valence-electron chi connectivity index (χ0n) is 21.7. The topological polar surface area (TPSA) is 103 Å². The molecule has 1 aliphatic heterocycles. The van der Waals surface area contributed by atoms with E-state index in [4.69, 9.17) is 16.3 Å². The highest BCUT2D eigenvalue weighted by atomic mass is 35.5. The fourth-order valence-corrected chi connectivity index (χ4v) is 4.98. The van der Waals surface area contributed by atoms with Crippen LogP contribution >= 0.6 is 11.6 Å². The van der Waals surface area contributed by atoms with Gasteiger partial charge in [0.2, 0.25) is 0 Å². The third-order valence-corrected chi connectivity index (χ3v) is 7.20. The van der Waals surface area contributed by atoms with E-state index in [1.54, 1.807) is 11.6 Å². The standard InChI is InChI=1S/C27H24ClF4N5O4/c1-36-20-8-16(25(38)39)9-21(41-26(31)32)24(20)34-22(36)12-37-6-4-14(5-7-37)23-19(30)11-33-27(35-23)40-13-15-2-3-17(28)10-18(15)29/h2-3,8-11,14,26H,4-7,12-13H2,1H3,(H,38,39). The number of likely N-dealkylation sites (tertiary alicyclic amines) is 1. The Labute approximate surface area is 236 Å². The van der Waals surface area contributed by atoms with Gasteiger partial charge in [0.05, 0.1) is 29.5 Å². The van der Waals surface area contributed by atoms with E-state index >= 15 is 0 Å². The van der Waals surface area contributed by atoms with E-state index in [2.05, 4.69) is 24.6 Å². The molecule has 0 saturated carbocycles. The van der Waals surface area contributed by atoms with Gasteiger partial charge in [-0.25, -0.2) is 23.5 Å². The van der Waals surface area contributed by atoms with Gasteiger partial charge in [0.15, 0.2) is 11.6 Å². The van der Waals surface area contributed by atoms with Gasteiger partial charge in [0, 0.05) is 23.6 Å². The van der Waals surface area contributed by atoms with Crippen molar-refractivity contribution < 1.29 is 36.9 Å². The predicted octanol–water partition coefficient (Wildman–Crippen LogP) is 5.55. The molecule has 3 heterocycles. The van der Waals surface area contributed by atoms with Crippen molar-refractivity contribution in [3.63, 3.8) is 0 Å². The summed E-state index contributed by atoms with van der Waals surface area (Å²) in [6.45, 7) is -1.82. The molecule has 0 bridgehead atoms. The number of ether oxygens (including phenoxy) is 2. The van der Waals surface area contributed by atoms with Crippen molar-refractivity contribution in [1.82, 2.24) is 24.4 Å². The molecule has 0 radical (unpaired) electrons. The zero-order chi connectivity index (χ0) is 29.3. The first-order valence-electron chi connectivity index (χ1n) is 12.6. The van der Waals surface area contributed by atoms with Crippen LogP contribution < -0.4 is 9.47 Å². The number of aryl methyl sites for hydroxylation is 1. The number of rotatable bonds is 9. The molecule has 5 rings (SSSR count). The number of aromatic carboxylic acids is 1. The number of nitrogens with zero attached hydrogens (tertiary/aromatic N) is 5. The summed E-state index contributed by atoms with van der Waals surface area (Å²) < 4.78 is 66.3. The van der Waals surface area contributed by atoms with Crippen LogP contribution in [0.3, 0.4) is 0 Å². The van der Waals surface area contributed by atoms with Crippen LogP contribution in [0.2, 0.25) is 5.02 Å². The monoisotopic (exact) mass is 593 g/mol. The molecule has 1 N–H and O–H groups in total. The van der Waals surface area contributed by atoms with Crippen LogP contribution in [0.25, 0.3) is 11.0 Å². The number of benzene rings is 2. The maximum Gasteiger partial charge on any atom is 0.387 e. The molecule has 9 nitrogen and oxygen atoms in total. The van der Waals surface area contributed by atoms with Crippen molar-refractivity contribution in [3.05, 3.63) is 75.8 Å². The Morgan fingerprint density at radius 1 is 1.15 bits per heavy atom. The van der Waals surface area contributed by atoms with Gasteiger partial charge in [0.25, 0.3) is 0 Å². The highest BCUT2D eigenvalue weighted by Gasteiger charge is 2.27. The molecule has 1 fully saturated rings. The minimum Gasteiger partial charge on any atom is -0.478 e. The first-order valence-corrected chi connectivity index (χ1v) is 13.0. The summed E-state index contributed by atoms with van der Waals surface area (Å²) in [5.41, 5.74) is 0.753. The normalized spacial score (nSPS) is 14.6. The zero-order valence-corrected chi connectivity index (χ0v) is 22.4. The molecule has 2 aromatic carbocycles. The SMILES string of the molecule is Cn1c(CN2CCC(c3nc(OCc4ccc(Cl)cc4F)ncc3F)CC2)nc2c(OC(F)F)cc(C(=O)O)cc21. The predicted molar refractivity (Wildman–Crippen MR) is 139 cm³/mol. The number of carboxylic acids is 1. The number of carboxylic acid groups (broad SMARTS) is 1. The Hall–Kier alpha value is -3.97. The van der Waals surface area contributed by atoms with Crippen LogP contribution in [0.15, 0.2) is 36.5 Å². The Bertz CT molecular complexity index is 1590. The first kappa shape index (κ1) is 28.6. The number of alkyl halides is 2. The van der Waals surface area contributed by atoms with Crippen LogP contribution in [-0.2, 0) is 20.2 Å². The van der Waals surface area contributed by atoms with E-state index in [0.717, 1.165) is 12.3 Å². The average molecular weight is 594 g/mol. The van der Waals surface area contributed by atoms with E-state index in [0.29, 0.717) is 43.8 Å². The fraction of sp³-hybridized carbons (Fsp3) is 0.333. The summed E-state index contributed by atoms with van der Waals surface area (Å²) in [5.74, 6) is -2.38. The number of carbonyl (C=O) groups is 1. The summed E-state index contributed by atoms with van der Waals surface area (Å²) in [5, 5.41) is 9.63. The van der Waals surface area contributed by atoms with Crippen molar-refractivity contribution in [2.75, 3.05) is 13.1 Å². The molecule has 0 unspecified atom stereocenters. The molecule has 0 amide bonds. The van der Waals surface area contributed by atoms with Crippen LogP contribution in [0.4, 0.5) is 17.6 Å². The summed E-state index contributed by atoms with van der Waals surface area (Å²) in [6, 6.07) is 6.50. The summed E-state index contributed by atoms with van der Waals surface area (Å²) >= 11 is 5.77. The lowest BCUT2D eigenvalue weighted by Gasteiger charge is -2.31. The van der Waals surface area contributed by atoms with Crippen LogP contribution in [0, 0.1) is 11.6 Å². The summed E-state index contributed by atoms with van der Waals surface area (Å²) in [4.78, 5) is 26.1.